The van der Waals surface area contributed by atoms with Crippen molar-refractivity contribution in [1.82, 2.24) is 0 Å². The summed E-state index contributed by atoms with van der Waals surface area (Å²) in [6.07, 6.45) is 0.0953. The summed E-state index contributed by atoms with van der Waals surface area (Å²) in [5, 5.41) is 17.1. The SMILES string of the molecule is CCCCC(=O)C(=O)[C@@H](O)CO. The van der Waals surface area contributed by atoms with Crippen LogP contribution in [0.5, 0.6) is 0 Å². The van der Waals surface area contributed by atoms with E-state index >= 15 is 0 Å². The molecule has 0 aromatic carbocycles. The summed E-state index contributed by atoms with van der Waals surface area (Å²) < 4.78 is 0. The summed E-state index contributed by atoms with van der Waals surface area (Å²) in [7, 11) is 0. The van der Waals surface area contributed by atoms with Crippen LogP contribution in [-0.2, 0) is 9.59 Å². The highest BCUT2D eigenvalue weighted by Gasteiger charge is 2.20. The molecule has 0 aromatic heterocycles. The Labute approximate surface area is 71.2 Å². The van der Waals surface area contributed by atoms with Gasteiger partial charge < -0.3 is 10.2 Å². The van der Waals surface area contributed by atoms with Crippen LogP contribution in [0.15, 0.2) is 0 Å². The van der Waals surface area contributed by atoms with Crippen molar-refractivity contribution in [3.05, 3.63) is 0 Å². The smallest absolute Gasteiger partial charge is 0.229 e. The van der Waals surface area contributed by atoms with Crippen LogP contribution < -0.4 is 0 Å². The zero-order valence-electron chi connectivity index (χ0n) is 7.12. The number of aliphatic hydroxyl groups excluding tert-OH is 2. The van der Waals surface area contributed by atoms with Gasteiger partial charge in [0.25, 0.3) is 0 Å². The van der Waals surface area contributed by atoms with Gasteiger partial charge in [0.15, 0.2) is 0 Å². The number of carbonyl (C=O) groups excluding carboxylic acids is 2. The highest BCUT2D eigenvalue weighted by atomic mass is 16.3. The van der Waals surface area contributed by atoms with E-state index in [0.717, 1.165) is 6.42 Å². The lowest BCUT2D eigenvalue weighted by Crippen LogP contribution is -2.31. The maximum Gasteiger partial charge on any atom is 0.229 e. The monoisotopic (exact) mass is 174 g/mol. The fraction of sp³-hybridized carbons (Fsp3) is 0.750. The fourth-order valence-electron chi connectivity index (χ4n) is 0.729. The van der Waals surface area contributed by atoms with Gasteiger partial charge in [0.2, 0.25) is 11.6 Å². The number of ketones is 2. The first kappa shape index (κ1) is 11.3. The Morgan fingerprint density at radius 2 is 2.00 bits per heavy atom. The van der Waals surface area contributed by atoms with Gasteiger partial charge in [-0.25, -0.2) is 0 Å². The Hall–Kier alpha value is -0.740. The molecule has 4 nitrogen and oxygen atoms in total. The van der Waals surface area contributed by atoms with Gasteiger partial charge in [-0.15, -0.1) is 0 Å². The van der Waals surface area contributed by atoms with Crippen molar-refractivity contribution < 1.29 is 19.8 Å². The number of hydrogen-bond acceptors (Lipinski definition) is 4. The normalized spacial score (nSPS) is 12.6. The van der Waals surface area contributed by atoms with E-state index in [1.807, 2.05) is 6.92 Å². The Morgan fingerprint density at radius 1 is 1.42 bits per heavy atom. The quantitative estimate of drug-likeness (QED) is 0.540. The molecule has 12 heavy (non-hydrogen) atoms. The van der Waals surface area contributed by atoms with Crippen molar-refractivity contribution in [2.24, 2.45) is 0 Å². The standard InChI is InChI=1S/C8H14O4/c1-2-3-4-6(10)8(12)7(11)5-9/h7,9,11H,2-5H2,1H3/t7-/m0/s1. The van der Waals surface area contributed by atoms with Gasteiger partial charge in [0.05, 0.1) is 6.61 Å². The third-order valence-electron chi connectivity index (χ3n) is 1.51. The van der Waals surface area contributed by atoms with Crippen LogP contribution in [0, 0.1) is 0 Å². The third-order valence-corrected chi connectivity index (χ3v) is 1.51. The molecular weight excluding hydrogens is 160 g/mol. The van der Waals surface area contributed by atoms with Crippen LogP contribution in [0.3, 0.4) is 0 Å². The molecule has 0 aliphatic carbocycles. The minimum absolute atomic E-state index is 0.159. The minimum atomic E-state index is -1.53. The first-order valence-corrected chi connectivity index (χ1v) is 3.99. The molecule has 0 aromatic rings. The molecule has 0 radical (unpaired) electrons. The van der Waals surface area contributed by atoms with E-state index in [1.165, 1.54) is 0 Å². The van der Waals surface area contributed by atoms with Crippen molar-refractivity contribution in [2.75, 3.05) is 6.61 Å². The third kappa shape index (κ3) is 3.59. The summed E-state index contributed by atoms with van der Waals surface area (Å²) in [5.41, 5.74) is 0. The summed E-state index contributed by atoms with van der Waals surface area (Å²) in [6, 6.07) is 0. The Bertz CT molecular complexity index is 164. The molecule has 0 saturated carbocycles. The van der Waals surface area contributed by atoms with Crippen LogP contribution in [0.4, 0.5) is 0 Å². The van der Waals surface area contributed by atoms with Crippen LogP contribution in [-0.4, -0.2) is 34.5 Å². The lowest BCUT2D eigenvalue weighted by Gasteiger charge is -2.03. The van der Waals surface area contributed by atoms with E-state index < -0.39 is 24.3 Å². The van der Waals surface area contributed by atoms with Gasteiger partial charge in [0, 0.05) is 6.42 Å². The van der Waals surface area contributed by atoms with E-state index in [9.17, 15) is 9.59 Å². The second-order valence-electron chi connectivity index (χ2n) is 2.59. The molecule has 0 unspecified atom stereocenters. The molecule has 2 N–H and O–H groups in total. The Kier molecular flexibility index (Phi) is 5.49. The number of Topliss-reactive ketones (excluding diaryl/α,β-unsaturated/α-hetero) is 2. The highest BCUT2D eigenvalue weighted by Crippen LogP contribution is 1.98. The van der Waals surface area contributed by atoms with E-state index in [0.29, 0.717) is 6.42 Å². The predicted molar refractivity (Wildman–Crippen MR) is 42.6 cm³/mol. The molecule has 0 saturated heterocycles. The first-order chi connectivity index (χ1) is 5.63. The zero-order valence-corrected chi connectivity index (χ0v) is 7.12. The molecule has 0 spiro atoms. The summed E-state index contributed by atoms with van der Waals surface area (Å²) in [4.78, 5) is 21.7. The minimum Gasteiger partial charge on any atom is -0.393 e. The molecule has 0 fully saturated rings. The molecule has 0 aliphatic rings. The van der Waals surface area contributed by atoms with E-state index in [-0.39, 0.29) is 6.42 Å². The lowest BCUT2D eigenvalue weighted by molar-refractivity contribution is -0.142. The number of hydrogen-bond donors (Lipinski definition) is 2. The van der Waals surface area contributed by atoms with Crippen LogP contribution in [0.1, 0.15) is 26.2 Å². The molecule has 0 bridgehead atoms. The van der Waals surface area contributed by atoms with Gasteiger partial charge in [-0.1, -0.05) is 13.3 Å². The summed E-state index contributed by atoms with van der Waals surface area (Å²) in [6.45, 7) is 1.22. The largest absolute Gasteiger partial charge is 0.393 e. The molecule has 4 heteroatoms. The van der Waals surface area contributed by atoms with E-state index in [4.69, 9.17) is 10.2 Å². The van der Waals surface area contributed by atoms with Crippen molar-refractivity contribution in [2.45, 2.75) is 32.3 Å². The average Bonchev–Trinajstić information content (AvgIpc) is 2.11. The Morgan fingerprint density at radius 3 is 2.42 bits per heavy atom. The zero-order chi connectivity index (χ0) is 9.56. The summed E-state index contributed by atoms with van der Waals surface area (Å²) in [5.74, 6) is -1.48. The highest BCUT2D eigenvalue weighted by molar-refractivity contribution is 6.38. The molecule has 70 valence electrons. The Balaban J connectivity index is 3.85. The van der Waals surface area contributed by atoms with Crippen LogP contribution in [0.25, 0.3) is 0 Å². The van der Waals surface area contributed by atoms with Crippen molar-refractivity contribution >= 4 is 11.6 Å². The average molecular weight is 174 g/mol. The molecule has 0 aliphatic heterocycles. The molecule has 1 atom stereocenters. The van der Waals surface area contributed by atoms with Crippen molar-refractivity contribution in [3.63, 3.8) is 0 Å². The number of aliphatic hydroxyl groups is 2. The number of carbonyl (C=O) groups is 2. The molecule has 0 rings (SSSR count). The van der Waals surface area contributed by atoms with Gasteiger partial charge in [-0.05, 0) is 6.42 Å². The van der Waals surface area contributed by atoms with Gasteiger partial charge in [-0.2, -0.15) is 0 Å². The second-order valence-corrected chi connectivity index (χ2v) is 2.59. The van der Waals surface area contributed by atoms with Crippen LogP contribution in [0.2, 0.25) is 0 Å². The number of unbranched alkanes of at least 4 members (excludes halogenated alkanes) is 1. The van der Waals surface area contributed by atoms with Gasteiger partial charge in [-0.3, -0.25) is 9.59 Å². The van der Waals surface area contributed by atoms with Gasteiger partial charge >= 0.3 is 0 Å². The van der Waals surface area contributed by atoms with Gasteiger partial charge in [0.1, 0.15) is 6.10 Å². The second kappa shape index (κ2) is 5.85. The number of rotatable bonds is 6. The molecular formula is C8H14O4. The van der Waals surface area contributed by atoms with E-state index in [1.54, 1.807) is 0 Å². The fourth-order valence-corrected chi connectivity index (χ4v) is 0.729. The lowest BCUT2D eigenvalue weighted by atomic mass is 10.1. The van der Waals surface area contributed by atoms with Crippen LogP contribution >= 0.6 is 0 Å². The van der Waals surface area contributed by atoms with E-state index in [2.05, 4.69) is 0 Å². The van der Waals surface area contributed by atoms with Crippen molar-refractivity contribution in [3.8, 4) is 0 Å². The molecule has 0 heterocycles. The first-order valence-electron chi connectivity index (χ1n) is 3.99. The van der Waals surface area contributed by atoms with Crippen molar-refractivity contribution in [1.29, 1.82) is 0 Å². The topological polar surface area (TPSA) is 74.6 Å². The maximum atomic E-state index is 10.9. The summed E-state index contributed by atoms with van der Waals surface area (Å²) >= 11 is 0. The maximum absolute atomic E-state index is 10.9. The predicted octanol–water partition coefficient (Wildman–Crippen LogP) is -0.332. The molecule has 0 amide bonds.